The van der Waals surface area contributed by atoms with Gasteiger partial charge in [-0.25, -0.2) is 0 Å². The predicted molar refractivity (Wildman–Crippen MR) is 111 cm³/mol. The van der Waals surface area contributed by atoms with E-state index < -0.39 is 0 Å². The average molecular weight is 382 g/mol. The molecule has 1 fully saturated rings. The number of aromatic hydroxyl groups is 2. The topological polar surface area (TPSA) is 52.9 Å². The van der Waals surface area contributed by atoms with Crippen LogP contribution in [0.1, 0.15) is 54.9 Å². The van der Waals surface area contributed by atoms with Gasteiger partial charge in [0.1, 0.15) is 0 Å². The van der Waals surface area contributed by atoms with Gasteiger partial charge in [0, 0.05) is 23.9 Å². The Morgan fingerprint density at radius 3 is 2.39 bits per heavy atom. The molecule has 4 rings (SSSR count). The van der Waals surface area contributed by atoms with Crippen molar-refractivity contribution in [1.29, 1.82) is 0 Å². The molecule has 28 heavy (non-hydrogen) atoms. The summed E-state index contributed by atoms with van der Waals surface area (Å²) >= 11 is 0. The van der Waals surface area contributed by atoms with Crippen LogP contribution in [0.3, 0.4) is 0 Å². The Labute approximate surface area is 167 Å². The standard InChI is InChI=1S/C24H31NO3/c1-25(2)16-21-18-11-12-20(26)23(27)19(18)15-22(28-21)24(13-7-4-8-14-24)17-9-5-3-6-10-17/h3,5-6,9-12,21-22,26-27H,4,7-8,13-16H2,1-2H3. The Balaban J connectivity index is 1.79. The molecule has 2 unspecified atom stereocenters. The molecule has 1 saturated carbocycles. The maximum absolute atomic E-state index is 10.6. The SMILES string of the molecule is CN(C)CC1OC(C2(c3ccccc3)CCCCC2)Cc2c1ccc(O)c2O. The summed E-state index contributed by atoms with van der Waals surface area (Å²) in [6.45, 7) is 0.749. The number of phenols is 2. The van der Waals surface area contributed by atoms with Gasteiger partial charge in [-0.15, -0.1) is 0 Å². The Hall–Kier alpha value is -2.04. The molecule has 4 nitrogen and oxygen atoms in total. The first-order chi connectivity index (χ1) is 13.5. The molecule has 2 N–H and O–H groups in total. The second kappa shape index (κ2) is 7.76. The fraction of sp³-hybridized carbons (Fsp3) is 0.500. The highest BCUT2D eigenvalue weighted by Gasteiger charge is 2.46. The summed E-state index contributed by atoms with van der Waals surface area (Å²) in [5, 5.41) is 20.8. The van der Waals surface area contributed by atoms with Crippen molar-refractivity contribution >= 4 is 0 Å². The van der Waals surface area contributed by atoms with E-state index in [1.807, 2.05) is 20.2 Å². The van der Waals surface area contributed by atoms with Crippen LogP contribution in [-0.2, 0) is 16.6 Å². The molecule has 0 saturated heterocycles. The Morgan fingerprint density at radius 1 is 1.00 bits per heavy atom. The predicted octanol–water partition coefficient (Wildman–Crippen LogP) is 4.54. The van der Waals surface area contributed by atoms with Crippen molar-refractivity contribution in [2.75, 3.05) is 20.6 Å². The molecular weight excluding hydrogens is 350 g/mol. The number of hydrogen-bond acceptors (Lipinski definition) is 4. The fourth-order valence-corrected chi connectivity index (χ4v) is 5.21. The monoisotopic (exact) mass is 381 g/mol. The Morgan fingerprint density at radius 2 is 1.71 bits per heavy atom. The van der Waals surface area contributed by atoms with E-state index in [0.717, 1.165) is 30.5 Å². The third-order valence-electron chi connectivity index (χ3n) is 6.60. The number of benzene rings is 2. The van der Waals surface area contributed by atoms with Crippen LogP contribution in [0.15, 0.2) is 42.5 Å². The number of hydrogen-bond donors (Lipinski definition) is 2. The second-order valence-electron chi connectivity index (χ2n) is 8.66. The van der Waals surface area contributed by atoms with E-state index in [9.17, 15) is 10.2 Å². The summed E-state index contributed by atoms with van der Waals surface area (Å²) in [5.41, 5.74) is 3.15. The lowest BCUT2D eigenvalue weighted by Gasteiger charge is -2.48. The molecule has 1 aliphatic carbocycles. The minimum Gasteiger partial charge on any atom is -0.504 e. The van der Waals surface area contributed by atoms with E-state index in [-0.39, 0.29) is 29.1 Å². The fourth-order valence-electron chi connectivity index (χ4n) is 5.21. The maximum atomic E-state index is 10.6. The minimum absolute atomic E-state index is 0.0136. The number of rotatable bonds is 4. The van der Waals surface area contributed by atoms with Crippen LogP contribution in [0.2, 0.25) is 0 Å². The van der Waals surface area contributed by atoms with Crippen molar-refractivity contribution < 1.29 is 14.9 Å². The van der Waals surface area contributed by atoms with Gasteiger partial charge in [-0.1, -0.05) is 55.7 Å². The molecule has 2 aromatic carbocycles. The highest BCUT2D eigenvalue weighted by Crippen LogP contribution is 2.50. The van der Waals surface area contributed by atoms with Crippen LogP contribution in [0.25, 0.3) is 0 Å². The first kappa shape index (κ1) is 19.3. The van der Waals surface area contributed by atoms with Crippen molar-refractivity contribution in [2.45, 2.75) is 56.1 Å². The van der Waals surface area contributed by atoms with Crippen LogP contribution in [0.5, 0.6) is 11.5 Å². The van der Waals surface area contributed by atoms with Crippen molar-refractivity contribution in [2.24, 2.45) is 0 Å². The van der Waals surface area contributed by atoms with Gasteiger partial charge in [-0.2, -0.15) is 0 Å². The molecule has 2 atom stereocenters. The molecular formula is C24H31NO3. The van der Waals surface area contributed by atoms with Gasteiger partial charge in [0.2, 0.25) is 0 Å². The molecule has 150 valence electrons. The summed E-state index contributed by atoms with van der Waals surface area (Å²) in [6, 6.07) is 14.2. The van der Waals surface area contributed by atoms with Crippen molar-refractivity contribution in [3.63, 3.8) is 0 Å². The van der Waals surface area contributed by atoms with E-state index in [2.05, 4.69) is 35.2 Å². The van der Waals surface area contributed by atoms with Crippen molar-refractivity contribution in [3.05, 3.63) is 59.2 Å². The summed E-state index contributed by atoms with van der Waals surface area (Å²) in [6.07, 6.45) is 6.38. The summed E-state index contributed by atoms with van der Waals surface area (Å²) < 4.78 is 6.78. The lowest BCUT2D eigenvalue weighted by atomic mass is 9.64. The average Bonchev–Trinajstić information content (AvgIpc) is 2.71. The van der Waals surface area contributed by atoms with E-state index in [4.69, 9.17) is 4.74 Å². The number of phenolic OH excluding ortho intramolecular Hbond substituents is 2. The quantitative estimate of drug-likeness (QED) is 0.763. The zero-order valence-corrected chi connectivity index (χ0v) is 16.9. The number of fused-ring (bicyclic) bond motifs is 1. The van der Waals surface area contributed by atoms with E-state index in [0.29, 0.717) is 6.42 Å². The van der Waals surface area contributed by atoms with Gasteiger partial charge in [0.25, 0.3) is 0 Å². The van der Waals surface area contributed by atoms with Crippen molar-refractivity contribution in [1.82, 2.24) is 4.90 Å². The Kier molecular flexibility index (Phi) is 5.35. The summed E-state index contributed by atoms with van der Waals surface area (Å²) in [4.78, 5) is 2.12. The molecule has 1 aliphatic heterocycles. The number of nitrogens with zero attached hydrogens (tertiary/aromatic N) is 1. The molecule has 0 radical (unpaired) electrons. The molecule has 2 aliphatic rings. The van der Waals surface area contributed by atoms with Crippen LogP contribution < -0.4 is 0 Å². The molecule has 0 amide bonds. The Bertz CT molecular complexity index is 812. The summed E-state index contributed by atoms with van der Waals surface area (Å²) in [5.74, 6) is -0.0195. The molecule has 2 aromatic rings. The van der Waals surface area contributed by atoms with Crippen LogP contribution in [0.4, 0.5) is 0 Å². The maximum Gasteiger partial charge on any atom is 0.161 e. The minimum atomic E-state index is -0.113. The van der Waals surface area contributed by atoms with Crippen molar-refractivity contribution in [3.8, 4) is 11.5 Å². The summed E-state index contributed by atoms with van der Waals surface area (Å²) in [7, 11) is 4.08. The van der Waals surface area contributed by atoms with Crippen LogP contribution in [0, 0.1) is 0 Å². The molecule has 1 heterocycles. The molecule has 0 spiro atoms. The zero-order chi connectivity index (χ0) is 19.7. The smallest absolute Gasteiger partial charge is 0.161 e. The van der Waals surface area contributed by atoms with E-state index in [1.54, 1.807) is 6.07 Å². The molecule has 4 heteroatoms. The van der Waals surface area contributed by atoms with Gasteiger partial charge < -0.3 is 19.8 Å². The van der Waals surface area contributed by atoms with Gasteiger partial charge in [0.05, 0.1) is 12.2 Å². The van der Waals surface area contributed by atoms with Gasteiger partial charge in [-0.05, 0) is 44.1 Å². The normalized spacial score (nSPS) is 24.1. The molecule has 0 aromatic heterocycles. The third kappa shape index (κ3) is 3.40. The highest BCUT2D eigenvalue weighted by molar-refractivity contribution is 5.51. The van der Waals surface area contributed by atoms with Gasteiger partial charge in [0.15, 0.2) is 11.5 Å². The number of likely N-dealkylation sites (N-methyl/N-ethyl adjacent to an activating group) is 1. The van der Waals surface area contributed by atoms with Gasteiger partial charge in [-0.3, -0.25) is 0 Å². The second-order valence-corrected chi connectivity index (χ2v) is 8.66. The van der Waals surface area contributed by atoms with E-state index >= 15 is 0 Å². The first-order valence-corrected chi connectivity index (χ1v) is 10.4. The first-order valence-electron chi connectivity index (χ1n) is 10.4. The largest absolute Gasteiger partial charge is 0.504 e. The zero-order valence-electron chi connectivity index (χ0n) is 16.9. The van der Waals surface area contributed by atoms with Gasteiger partial charge >= 0.3 is 0 Å². The lowest BCUT2D eigenvalue weighted by molar-refractivity contribution is -0.0847. The number of ether oxygens (including phenoxy) is 1. The molecule has 0 bridgehead atoms. The highest BCUT2D eigenvalue weighted by atomic mass is 16.5. The lowest BCUT2D eigenvalue weighted by Crippen LogP contribution is -2.47. The van der Waals surface area contributed by atoms with Crippen LogP contribution >= 0.6 is 0 Å². The third-order valence-corrected chi connectivity index (χ3v) is 6.60. The van der Waals surface area contributed by atoms with Crippen LogP contribution in [-0.4, -0.2) is 41.9 Å². The van der Waals surface area contributed by atoms with E-state index in [1.165, 1.54) is 24.8 Å².